The second-order valence-corrected chi connectivity index (χ2v) is 7.58. The first kappa shape index (κ1) is 21.9. The molecule has 0 aliphatic carbocycles. The van der Waals surface area contributed by atoms with Crippen LogP contribution in [0.4, 0.5) is 5.69 Å². The van der Waals surface area contributed by atoms with Crippen LogP contribution in [0.25, 0.3) is 22.3 Å². The van der Waals surface area contributed by atoms with Crippen LogP contribution in [0.2, 0.25) is 0 Å². The molecule has 1 amide bonds. The van der Waals surface area contributed by atoms with Crippen LogP contribution >= 0.6 is 0 Å². The topological polar surface area (TPSA) is 107 Å². The molecule has 2 N–H and O–H groups in total. The molecule has 9 nitrogen and oxygen atoms in total. The summed E-state index contributed by atoms with van der Waals surface area (Å²) in [4.78, 5) is 23.8. The van der Waals surface area contributed by atoms with Crippen LogP contribution in [0, 0.1) is 0 Å². The van der Waals surface area contributed by atoms with E-state index in [2.05, 4.69) is 31.9 Å². The predicted octanol–water partition coefficient (Wildman–Crippen LogP) is 4.82. The van der Waals surface area contributed by atoms with E-state index in [9.17, 15) is 4.79 Å². The second-order valence-electron chi connectivity index (χ2n) is 7.58. The zero-order valence-electron chi connectivity index (χ0n) is 18.7. The van der Waals surface area contributed by atoms with Gasteiger partial charge in [-0.1, -0.05) is 30.8 Å². The summed E-state index contributed by atoms with van der Waals surface area (Å²) in [6.07, 6.45) is 8.33. The van der Waals surface area contributed by atoms with Crippen LogP contribution in [-0.4, -0.2) is 37.2 Å². The number of rotatable bonds is 9. The number of carbonyl (C=O) groups excluding carboxylic acids is 1. The fraction of sp³-hybridized carbons (Fsp3) is 0.0769. The molecule has 5 rings (SSSR count). The fourth-order valence-electron chi connectivity index (χ4n) is 3.49. The molecule has 0 bridgehead atoms. The first-order valence-electron chi connectivity index (χ1n) is 10.9. The molecule has 35 heavy (non-hydrogen) atoms. The standard InChI is InChI=1S/C26H22N6O3/c1-2-23(33)30-19-7-6-10-21(13-19)35-24-16-28-26-25(31-24)22(15-27-26)18-14-29-32(17-18)11-12-34-20-8-4-3-5-9-20/h2-10,13-17H,1,11-12H2,(H,27,28)(H,30,33). The van der Waals surface area contributed by atoms with E-state index in [0.717, 1.165) is 16.9 Å². The van der Waals surface area contributed by atoms with Gasteiger partial charge in [0, 0.05) is 35.3 Å². The van der Waals surface area contributed by atoms with Crippen molar-refractivity contribution in [2.45, 2.75) is 6.54 Å². The van der Waals surface area contributed by atoms with Crippen molar-refractivity contribution in [3.8, 4) is 28.5 Å². The molecule has 0 radical (unpaired) electrons. The maximum absolute atomic E-state index is 11.6. The highest BCUT2D eigenvalue weighted by Crippen LogP contribution is 2.29. The van der Waals surface area contributed by atoms with Gasteiger partial charge in [0.15, 0.2) is 5.65 Å². The Morgan fingerprint density at radius 1 is 1.11 bits per heavy atom. The smallest absolute Gasteiger partial charge is 0.247 e. The van der Waals surface area contributed by atoms with Gasteiger partial charge in [0.1, 0.15) is 23.6 Å². The maximum atomic E-state index is 11.6. The number of hydrogen-bond donors (Lipinski definition) is 2. The Morgan fingerprint density at radius 2 is 1.97 bits per heavy atom. The van der Waals surface area contributed by atoms with Gasteiger partial charge >= 0.3 is 0 Å². The summed E-state index contributed by atoms with van der Waals surface area (Å²) >= 11 is 0. The lowest BCUT2D eigenvalue weighted by atomic mass is 10.2. The van der Waals surface area contributed by atoms with E-state index < -0.39 is 0 Å². The van der Waals surface area contributed by atoms with Crippen molar-refractivity contribution < 1.29 is 14.3 Å². The number of fused-ring (bicyclic) bond motifs is 1. The quantitative estimate of drug-likeness (QED) is 0.302. The van der Waals surface area contributed by atoms with Gasteiger partial charge in [-0.2, -0.15) is 5.10 Å². The van der Waals surface area contributed by atoms with Crippen molar-refractivity contribution in [2.75, 3.05) is 11.9 Å². The van der Waals surface area contributed by atoms with Crippen molar-refractivity contribution in [3.63, 3.8) is 0 Å². The summed E-state index contributed by atoms with van der Waals surface area (Å²) in [6.45, 7) is 4.57. The molecule has 0 saturated heterocycles. The molecular formula is C26H22N6O3. The van der Waals surface area contributed by atoms with E-state index in [4.69, 9.17) is 9.47 Å². The highest BCUT2D eigenvalue weighted by Gasteiger charge is 2.13. The summed E-state index contributed by atoms with van der Waals surface area (Å²) in [5.74, 6) is 1.37. The Labute approximate surface area is 201 Å². The zero-order chi connectivity index (χ0) is 24.0. The average molecular weight is 467 g/mol. The third kappa shape index (κ3) is 5.19. The summed E-state index contributed by atoms with van der Waals surface area (Å²) in [6, 6.07) is 16.7. The number of hydrogen-bond acceptors (Lipinski definition) is 6. The van der Waals surface area contributed by atoms with Crippen LogP contribution < -0.4 is 14.8 Å². The number of ether oxygens (including phenoxy) is 2. The van der Waals surface area contributed by atoms with Gasteiger partial charge < -0.3 is 19.8 Å². The van der Waals surface area contributed by atoms with Crippen LogP contribution in [-0.2, 0) is 11.3 Å². The molecule has 0 aliphatic heterocycles. The minimum atomic E-state index is -0.299. The molecule has 3 aromatic heterocycles. The van der Waals surface area contributed by atoms with Gasteiger partial charge in [0.05, 0.1) is 18.9 Å². The number of aromatic amines is 1. The largest absolute Gasteiger partial charge is 0.492 e. The molecule has 0 aliphatic rings. The first-order chi connectivity index (χ1) is 17.2. The summed E-state index contributed by atoms with van der Waals surface area (Å²) < 4.78 is 13.5. The van der Waals surface area contributed by atoms with E-state index in [1.54, 1.807) is 36.7 Å². The lowest BCUT2D eigenvalue weighted by molar-refractivity contribution is -0.111. The zero-order valence-corrected chi connectivity index (χ0v) is 18.7. The van der Waals surface area contributed by atoms with Gasteiger partial charge in [0.25, 0.3) is 0 Å². The SMILES string of the molecule is C=CC(=O)Nc1cccc(Oc2cnc3[nH]cc(-c4cnn(CCOc5ccccc5)c4)c3n2)c1. The monoisotopic (exact) mass is 466 g/mol. The van der Waals surface area contributed by atoms with Gasteiger partial charge in [-0.3, -0.25) is 9.48 Å². The number of carbonyl (C=O) groups is 1. The Balaban J connectivity index is 1.30. The van der Waals surface area contributed by atoms with Crippen molar-refractivity contribution in [1.29, 1.82) is 0 Å². The molecule has 174 valence electrons. The number of nitrogens with zero attached hydrogens (tertiary/aromatic N) is 4. The number of nitrogens with one attached hydrogen (secondary N) is 2. The Hall–Kier alpha value is -4.92. The van der Waals surface area contributed by atoms with Gasteiger partial charge in [-0.05, 0) is 30.3 Å². The van der Waals surface area contributed by atoms with Crippen molar-refractivity contribution >= 4 is 22.8 Å². The van der Waals surface area contributed by atoms with Crippen molar-refractivity contribution in [2.24, 2.45) is 0 Å². The molecule has 0 atom stereocenters. The average Bonchev–Trinajstić information content (AvgIpc) is 3.51. The minimum absolute atomic E-state index is 0.299. The molecule has 0 unspecified atom stereocenters. The summed E-state index contributed by atoms with van der Waals surface area (Å²) in [5, 5.41) is 7.15. The summed E-state index contributed by atoms with van der Waals surface area (Å²) in [7, 11) is 0. The van der Waals surface area contributed by atoms with E-state index in [1.165, 1.54) is 6.08 Å². The predicted molar refractivity (Wildman–Crippen MR) is 132 cm³/mol. The minimum Gasteiger partial charge on any atom is -0.492 e. The number of para-hydroxylation sites is 1. The van der Waals surface area contributed by atoms with Gasteiger partial charge in [0.2, 0.25) is 11.8 Å². The van der Waals surface area contributed by atoms with Gasteiger partial charge in [-0.25, -0.2) is 9.97 Å². The van der Waals surface area contributed by atoms with Crippen molar-refractivity contribution in [3.05, 3.63) is 92.0 Å². The molecule has 0 fully saturated rings. The van der Waals surface area contributed by atoms with Crippen LogP contribution in [0.3, 0.4) is 0 Å². The van der Waals surface area contributed by atoms with Crippen LogP contribution in [0.5, 0.6) is 17.4 Å². The molecular weight excluding hydrogens is 444 g/mol. The third-order valence-electron chi connectivity index (χ3n) is 5.14. The number of benzene rings is 2. The summed E-state index contributed by atoms with van der Waals surface area (Å²) in [5.41, 5.74) is 3.65. The first-order valence-corrected chi connectivity index (χ1v) is 10.9. The van der Waals surface area contributed by atoms with E-state index in [-0.39, 0.29) is 5.91 Å². The lowest BCUT2D eigenvalue weighted by Crippen LogP contribution is -2.08. The Morgan fingerprint density at radius 3 is 2.83 bits per heavy atom. The molecule has 5 aromatic rings. The Kier molecular flexibility index (Phi) is 6.21. The number of amides is 1. The highest BCUT2D eigenvalue weighted by molar-refractivity contribution is 5.99. The number of H-pyrrole nitrogens is 1. The fourth-order valence-corrected chi connectivity index (χ4v) is 3.49. The molecule has 0 saturated carbocycles. The molecule has 2 aromatic carbocycles. The third-order valence-corrected chi connectivity index (χ3v) is 5.14. The van der Waals surface area contributed by atoms with E-state index >= 15 is 0 Å². The van der Waals surface area contributed by atoms with Crippen LogP contribution in [0.15, 0.2) is 92.0 Å². The number of anilines is 1. The van der Waals surface area contributed by atoms with E-state index in [0.29, 0.717) is 41.6 Å². The molecule has 9 heteroatoms. The normalized spacial score (nSPS) is 10.7. The molecule has 0 spiro atoms. The number of aromatic nitrogens is 5. The Bertz CT molecular complexity index is 1480. The lowest BCUT2D eigenvalue weighted by Gasteiger charge is -2.07. The van der Waals surface area contributed by atoms with E-state index in [1.807, 2.05) is 47.4 Å². The van der Waals surface area contributed by atoms with Crippen LogP contribution in [0.1, 0.15) is 0 Å². The van der Waals surface area contributed by atoms with Gasteiger partial charge in [-0.15, -0.1) is 0 Å². The highest BCUT2D eigenvalue weighted by atomic mass is 16.5. The molecule has 3 heterocycles. The second kappa shape index (κ2) is 9.92. The maximum Gasteiger partial charge on any atom is 0.247 e. The van der Waals surface area contributed by atoms with Crippen molar-refractivity contribution in [1.82, 2.24) is 24.7 Å².